The highest BCUT2D eigenvalue weighted by atomic mass is 15.0. The van der Waals surface area contributed by atoms with Crippen LogP contribution in [0.2, 0.25) is 0 Å². The summed E-state index contributed by atoms with van der Waals surface area (Å²) >= 11 is 0. The smallest absolute Gasteiger partial charge is 0.162 e. The Bertz CT molecular complexity index is 773. The molecule has 0 saturated heterocycles. The predicted molar refractivity (Wildman–Crippen MR) is 83.5 cm³/mol. The van der Waals surface area contributed by atoms with Crippen LogP contribution in [-0.2, 0) is 6.42 Å². The molecule has 0 spiro atoms. The van der Waals surface area contributed by atoms with Gasteiger partial charge >= 0.3 is 0 Å². The lowest BCUT2D eigenvalue weighted by Crippen LogP contribution is -2.04. The molecule has 3 aromatic rings. The Morgan fingerprint density at radius 1 is 1.00 bits per heavy atom. The number of rotatable bonds is 2. The highest BCUT2D eigenvalue weighted by Crippen LogP contribution is 2.27. The maximum absolute atomic E-state index is 6.03. The summed E-state index contributed by atoms with van der Waals surface area (Å²) in [4.78, 5) is 9.15. The molecule has 0 fully saturated rings. The van der Waals surface area contributed by atoms with Crippen LogP contribution in [0.1, 0.15) is 18.2 Å². The number of nitrogens with two attached hydrogens (primary N) is 1. The van der Waals surface area contributed by atoms with E-state index in [4.69, 9.17) is 5.73 Å². The van der Waals surface area contributed by atoms with Crippen LogP contribution >= 0.6 is 0 Å². The second-order valence-corrected chi connectivity index (χ2v) is 4.88. The van der Waals surface area contributed by atoms with Crippen LogP contribution in [0.4, 0.5) is 5.82 Å². The molecule has 20 heavy (non-hydrogen) atoms. The number of fused-ring (bicyclic) bond motifs is 1. The summed E-state index contributed by atoms with van der Waals surface area (Å²) in [6, 6.07) is 14.4. The lowest BCUT2D eigenvalue weighted by atomic mass is 10.0. The Labute approximate surface area is 118 Å². The van der Waals surface area contributed by atoms with Gasteiger partial charge in [-0.1, -0.05) is 49.4 Å². The van der Waals surface area contributed by atoms with Crippen LogP contribution in [0.15, 0.2) is 42.5 Å². The van der Waals surface area contributed by atoms with Gasteiger partial charge in [-0.25, -0.2) is 9.97 Å². The molecule has 1 heterocycles. The molecular formula is C17H17N3. The molecule has 1 aromatic heterocycles. The van der Waals surface area contributed by atoms with Gasteiger partial charge in [0.1, 0.15) is 5.82 Å². The average Bonchev–Trinajstić information content (AvgIpc) is 2.49. The van der Waals surface area contributed by atoms with Crippen molar-refractivity contribution in [2.75, 3.05) is 5.73 Å². The Hall–Kier alpha value is -2.42. The van der Waals surface area contributed by atoms with Crippen LogP contribution in [0.25, 0.3) is 22.2 Å². The van der Waals surface area contributed by atoms with E-state index in [2.05, 4.69) is 35.1 Å². The van der Waals surface area contributed by atoms with Gasteiger partial charge in [0.15, 0.2) is 5.82 Å². The molecule has 0 bridgehead atoms. The summed E-state index contributed by atoms with van der Waals surface area (Å²) in [7, 11) is 0. The Kier molecular flexibility index (Phi) is 3.11. The van der Waals surface area contributed by atoms with E-state index < -0.39 is 0 Å². The van der Waals surface area contributed by atoms with Crippen molar-refractivity contribution in [1.82, 2.24) is 9.97 Å². The van der Waals surface area contributed by atoms with Gasteiger partial charge in [0.2, 0.25) is 0 Å². The van der Waals surface area contributed by atoms with E-state index in [1.165, 1.54) is 5.39 Å². The first-order chi connectivity index (χ1) is 9.70. The summed E-state index contributed by atoms with van der Waals surface area (Å²) in [6.07, 6.45) is 0.857. The molecule has 0 radical (unpaired) electrons. The fourth-order valence-corrected chi connectivity index (χ4v) is 2.47. The average molecular weight is 263 g/mol. The van der Waals surface area contributed by atoms with Gasteiger partial charge in [0.25, 0.3) is 0 Å². The molecule has 0 aliphatic heterocycles. The van der Waals surface area contributed by atoms with Crippen LogP contribution in [0.3, 0.4) is 0 Å². The van der Waals surface area contributed by atoms with Crippen molar-refractivity contribution in [2.24, 2.45) is 0 Å². The van der Waals surface area contributed by atoms with Gasteiger partial charge in [-0.2, -0.15) is 0 Å². The fraction of sp³-hybridized carbons (Fsp3) is 0.176. The predicted octanol–water partition coefficient (Wildman–Crippen LogP) is 3.75. The minimum atomic E-state index is 0.569. The van der Waals surface area contributed by atoms with E-state index in [-0.39, 0.29) is 0 Å². The van der Waals surface area contributed by atoms with Crippen LogP contribution in [0.5, 0.6) is 0 Å². The number of anilines is 1. The first-order valence-electron chi connectivity index (χ1n) is 6.82. The third-order valence-corrected chi connectivity index (χ3v) is 3.65. The molecule has 3 rings (SSSR count). The minimum absolute atomic E-state index is 0.569. The monoisotopic (exact) mass is 263 g/mol. The second kappa shape index (κ2) is 4.93. The third-order valence-electron chi connectivity index (χ3n) is 3.65. The first kappa shape index (κ1) is 12.6. The second-order valence-electron chi connectivity index (χ2n) is 4.88. The van der Waals surface area contributed by atoms with Gasteiger partial charge in [0, 0.05) is 16.8 Å². The summed E-state index contributed by atoms with van der Waals surface area (Å²) in [5.41, 5.74) is 9.06. The molecular weight excluding hydrogens is 246 g/mol. The van der Waals surface area contributed by atoms with Crippen molar-refractivity contribution in [3.05, 3.63) is 53.7 Å². The normalized spacial score (nSPS) is 10.9. The Balaban J connectivity index is 2.28. The number of nitrogens with zero attached hydrogens (tertiary/aromatic N) is 2. The summed E-state index contributed by atoms with van der Waals surface area (Å²) in [5, 5.41) is 2.34. The minimum Gasteiger partial charge on any atom is -0.383 e. The molecule has 100 valence electrons. The molecule has 3 nitrogen and oxygen atoms in total. The molecule has 3 heteroatoms. The fourth-order valence-electron chi connectivity index (χ4n) is 2.47. The zero-order chi connectivity index (χ0) is 14.1. The highest BCUT2D eigenvalue weighted by Gasteiger charge is 2.11. The van der Waals surface area contributed by atoms with Gasteiger partial charge in [-0.15, -0.1) is 0 Å². The molecule has 2 N–H and O–H groups in total. The maximum Gasteiger partial charge on any atom is 0.162 e. The highest BCUT2D eigenvalue weighted by molar-refractivity contribution is 5.95. The number of hydrogen-bond donors (Lipinski definition) is 1. The summed E-state index contributed by atoms with van der Waals surface area (Å²) < 4.78 is 0. The number of nitrogen functional groups attached to an aromatic ring is 1. The number of aryl methyl sites for hydroxylation is 1. The lowest BCUT2D eigenvalue weighted by molar-refractivity contribution is 0.983. The number of hydrogen-bond acceptors (Lipinski definition) is 3. The summed E-state index contributed by atoms with van der Waals surface area (Å²) in [5.74, 6) is 1.28. The van der Waals surface area contributed by atoms with Crippen molar-refractivity contribution >= 4 is 16.6 Å². The summed E-state index contributed by atoms with van der Waals surface area (Å²) in [6.45, 7) is 4.06. The van der Waals surface area contributed by atoms with Gasteiger partial charge < -0.3 is 5.73 Å². The largest absolute Gasteiger partial charge is 0.383 e. The maximum atomic E-state index is 6.03. The van der Waals surface area contributed by atoms with Crippen molar-refractivity contribution in [3.63, 3.8) is 0 Å². The molecule has 0 aliphatic rings. The molecule has 0 aliphatic carbocycles. The Morgan fingerprint density at radius 3 is 2.55 bits per heavy atom. The molecule has 2 aromatic carbocycles. The number of benzene rings is 2. The molecule has 0 saturated carbocycles. The van der Waals surface area contributed by atoms with E-state index >= 15 is 0 Å². The lowest BCUT2D eigenvalue weighted by Gasteiger charge is -2.10. The Morgan fingerprint density at radius 2 is 1.75 bits per heavy atom. The zero-order valence-electron chi connectivity index (χ0n) is 11.7. The van der Waals surface area contributed by atoms with Crippen molar-refractivity contribution in [2.45, 2.75) is 20.3 Å². The quantitative estimate of drug-likeness (QED) is 0.766. The van der Waals surface area contributed by atoms with E-state index in [1.54, 1.807) is 0 Å². The number of aromatic nitrogens is 2. The topological polar surface area (TPSA) is 51.8 Å². The zero-order valence-corrected chi connectivity index (χ0v) is 11.7. The van der Waals surface area contributed by atoms with Crippen molar-refractivity contribution in [1.29, 1.82) is 0 Å². The van der Waals surface area contributed by atoms with Gasteiger partial charge in [-0.3, -0.25) is 0 Å². The standard InChI is InChI=1S/C17H17N3/c1-3-15-11(2)16(18)20-17(19-15)14-10-6-8-12-7-4-5-9-13(12)14/h4-10H,3H2,1-2H3,(H2,18,19,20). The molecule has 0 unspecified atom stereocenters. The van der Waals surface area contributed by atoms with Crippen LogP contribution in [-0.4, -0.2) is 9.97 Å². The third kappa shape index (κ3) is 2.01. The van der Waals surface area contributed by atoms with E-state index in [9.17, 15) is 0 Å². The van der Waals surface area contributed by atoms with Gasteiger partial charge in [0.05, 0.1) is 0 Å². The van der Waals surface area contributed by atoms with Crippen LogP contribution in [0, 0.1) is 6.92 Å². The molecule has 0 atom stereocenters. The van der Waals surface area contributed by atoms with Crippen LogP contribution < -0.4 is 5.73 Å². The SMILES string of the molecule is CCc1nc(-c2cccc3ccccc23)nc(N)c1C. The van der Waals surface area contributed by atoms with Crippen molar-refractivity contribution in [3.8, 4) is 11.4 Å². The van der Waals surface area contributed by atoms with E-state index in [0.29, 0.717) is 11.6 Å². The molecule has 0 amide bonds. The van der Waals surface area contributed by atoms with Gasteiger partial charge in [-0.05, 0) is 24.1 Å². The van der Waals surface area contributed by atoms with E-state index in [1.807, 2.05) is 31.2 Å². The van der Waals surface area contributed by atoms with E-state index in [0.717, 1.165) is 28.6 Å². The van der Waals surface area contributed by atoms with Crippen molar-refractivity contribution < 1.29 is 0 Å². The first-order valence-corrected chi connectivity index (χ1v) is 6.82.